The molecule has 0 aliphatic rings. The summed E-state index contributed by atoms with van der Waals surface area (Å²) in [6, 6.07) is 7.88. The average Bonchev–Trinajstić information content (AvgIpc) is 3.15. The molecule has 0 saturated heterocycles. The van der Waals surface area contributed by atoms with Gasteiger partial charge < -0.3 is 10.2 Å². The molecule has 0 aliphatic carbocycles. The SMILES string of the molecule is CCN(CC(=O)NCc1cccs1)C(=O)CSc1nc(C)cc(C)c1C#N. The van der Waals surface area contributed by atoms with Crippen LogP contribution in [0.4, 0.5) is 0 Å². The normalized spacial score (nSPS) is 10.3. The Balaban J connectivity index is 1.91. The fourth-order valence-electron chi connectivity index (χ4n) is 2.47. The van der Waals surface area contributed by atoms with E-state index < -0.39 is 0 Å². The van der Waals surface area contributed by atoms with Gasteiger partial charge in [-0.1, -0.05) is 17.8 Å². The molecule has 0 unspecified atom stereocenters. The Hall–Kier alpha value is -2.37. The van der Waals surface area contributed by atoms with Crippen molar-refractivity contribution in [2.24, 2.45) is 0 Å². The number of thioether (sulfide) groups is 1. The zero-order valence-electron chi connectivity index (χ0n) is 15.6. The molecule has 2 heterocycles. The lowest BCUT2D eigenvalue weighted by Gasteiger charge is -2.20. The Bertz CT molecular complexity index is 844. The van der Waals surface area contributed by atoms with Crippen LogP contribution in [0.3, 0.4) is 0 Å². The third kappa shape index (κ3) is 6.08. The Kier molecular flexibility index (Phi) is 7.82. The molecule has 0 atom stereocenters. The molecule has 0 radical (unpaired) electrons. The minimum atomic E-state index is -0.189. The molecule has 0 aliphatic heterocycles. The van der Waals surface area contributed by atoms with Crippen LogP contribution in [-0.2, 0) is 16.1 Å². The molecule has 0 saturated carbocycles. The van der Waals surface area contributed by atoms with Crippen LogP contribution in [-0.4, -0.2) is 40.5 Å². The van der Waals surface area contributed by atoms with Crippen molar-refractivity contribution in [2.75, 3.05) is 18.8 Å². The van der Waals surface area contributed by atoms with E-state index in [4.69, 9.17) is 0 Å². The van der Waals surface area contributed by atoms with Gasteiger partial charge in [-0.3, -0.25) is 9.59 Å². The Morgan fingerprint density at radius 1 is 1.41 bits per heavy atom. The number of carbonyl (C=O) groups excluding carboxylic acids is 2. The monoisotopic (exact) mass is 402 g/mol. The van der Waals surface area contributed by atoms with Crippen LogP contribution < -0.4 is 5.32 Å². The van der Waals surface area contributed by atoms with Gasteiger partial charge in [0, 0.05) is 17.1 Å². The van der Waals surface area contributed by atoms with Crippen molar-refractivity contribution in [2.45, 2.75) is 32.3 Å². The van der Waals surface area contributed by atoms with Gasteiger partial charge in [-0.15, -0.1) is 11.3 Å². The number of hydrogen-bond donors (Lipinski definition) is 1. The molecule has 2 aromatic heterocycles. The lowest BCUT2D eigenvalue weighted by atomic mass is 10.1. The summed E-state index contributed by atoms with van der Waals surface area (Å²) in [6.45, 7) is 6.48. The van der Waals surface area contributed by atoms with Crippen molar-refractivity contribution < 1.29 is 9.59 Å². The summed E-state index contributed by atoms with van der Waals surface area (Å²) in [5.74, 6) is -0.208. The number of pyridine rings is 1. The highest BCUT2D eigenvalue weighted by atomic mass is 32.2. The summed E-state index contributed by atoms with van der Waals surface area (Å²) in [5, 5.41) is 14.7. The van der Waals surface area contributed by atoms with E-state index in [0.717, 1.165) is 16.1 Å². The maximum Gasteiger partial charge on any atom is 0.239 e. The number of aryl methyl sites for hydroxylation is 2. The Labute approximate surface area is 167 Å². The first-order chi connectivity index (χ1) is 12.9. The number of likely N-dealkylation sites (N-methyl/N-ethyl adjacent to an activating group) is 1. The molecule has 142 valence electrons. The van der Waals surface area contributed by atoms with E-state index >= 15 is 0 Å². The van der Waals surface area contributed by atoms with Crippen molar-refractivity contribution in [3.05, 3.63) is 45.3 Å². The van der Waals surface area contributed by atoms with Crippen molar-refractivity contribution >= 4 is 34.9 Å². The zero-order valence-corrected chi connectivity index (χ0v) is 17.2. The van der Waals surface area contributed by atoms with E-state index in [0.29, 0.717) is 23.7 Å². The summed E-state index contributed by atoms with van der Waals surface area (Å²) in [6.07, 6.45) is 0. The zero-order chi connectivity index (χ0) is 19.8. The Morgan fingerprint density at radius 2 is 2.19 bits per heavy atom. The first-order valence-corrected chi connectivity index (χ1v) is 10.4. The predicted molar refractivity (Wildman–Crippen MR) is 108 cm³/mol. The predicted octanol–water partition coefficient (Wildman–Crippen LogP) is 2.89. The van der Waals surface area contributed by atoms with Gasteiger partial charge in [0.15, 0.2) is 0 Å². The van der Waals surface area contributed by atoms with Crippen molar-refractivity contribution in [3.8, 4) is 6.07 Å². The second kappa shape index (κ2) is 10.1. The third-order valence-corrected chi connectivity index (χ3v) is 5.70. The topological polar surface area (TPSA) is 86.1 Å². The highest BCUT2D eigenvalue weighted by Gasteiger charge is 2.18. The molecule has 0 bridgehead atoms. The lowest BCUT2D eigenvalue weighted by molar-refractivity contribution is -0.133. The number of amides is 2. The second-order valence-electron chi connectivity index (χ2n) is 5.93. The van der Waals surface area contributed by atoms with Crippen LogP contribution >= 0.6 is 23.1 Å². The molecule has 0 spiro atoms. The van der Waals surface area contributed by atoms with Crippen LogP contribution in [0.5, 0.6) is 0 Å². The van der Waals surface area contributed by atoms with Gasteiger partial charge in [0.05, 0.1) is 24.4 Å². The standard InChI is InChI=1S/C19H22N4O2S2/c1-4-23(11-17(24)21-10-15-6-5-7-26-15)18(25)12-27-19-16(9-20)13(2)8-14(3)22-19/h5-8H,4,10-12H2,1-3H3,(H,21,24). The van der Waals surface area contributed by atoms with E-state index in [1.165, 1.54) is 16.7 Å². The van der Waals surface area contributed by atoms with E-state index in [2.05, 4.69) is 16.4 Å². The molecule has 0 fully saturated rings. The minimum Gasteiger partial charge on any atom is -0.350 e. The highest BCUT2D eigenvalue weighted by Crippen LogP contribution is 2.23. The molecule has 1 N–H and O–H groups in total. The van der Waals surface area contributed by atoms with Gasteiger partial charge >= 0.3 is 0 Å². The number of nitrogens with one attached hydrogen (secondary N) is 1. The fraction of sp³-hybridized carbons (Fsp3) is 0.368. The number of carbonyl (C=O) groups is 2. The van der Waals surface area contributed by atoms with Crippen LogP contribution in [0.25, 0.3) is 0 Å². The van der Waals surface area contributed by atoms with E-state index in [1.54, 1.807) is 11.3 Å². The van der Waals surface area contributed by atoms with Gasteiger partial charge in [-0.25, -0.2) is 4.98 Å². The second-order valence-corrected chi connectivity index (χ2v) is 7.92. The first-order valence-electron chi connectivity index (χ1n) is 8.52. The quantitative estimate of drug-likeness (QED) is 0.686. The summed E-state index contributed by atoms with van der Waals surface area (Å²) in [5.41, 5.74) is 2.15. The number of thiophene rings is 1. The largest absolute Gasteiger partial charge is 0.350 e. The van der Waals surface area contributed by atoms with Gasteiger partial charge in [0.1, 0.15) is 11.1 Å². The maximum atomic E-state index is 12.5. The summed E-state index contributed by atoms with van der Waals surface area (Å²) in [7, 11) is 0. The number of aromatic nitrogens is 1. The maximum absolute atomic E-state index is 12.5. The summed E-state index contributed by atoms with van der Waals surface area (Å²) in [4.78, 5) is 31.6. The van der Waals surface area contributed by atoms with Gasteiger partial charge in [-0.05, 0) is 43.8 Å². The number of hydrogen-bond acceptors (Lipinski definition) is 6. The molecule has 27 heavy (non-hydrogen) atoms. The smallest absolute Gasteiger partial charge is 0.239 e. The molecule has 6 nitrogen and oxygen atoms in total. The number of nitrogens with zero attached hydrogens (tertiary/aromatic N) is 3. The van der Waals surface area contributed by atoms with E-state index in [9.17, 15) is 14.9 Å². The van der Waals surface area contributed by atoms with Gasteiger partial charge in [-0.2, -0.15) is 5.26 Å². The highest BCUT2D eigenvalue weighted by molar-refractivity contribution is 8.00. The fourth-order valence-corrected chi connectivity index (χ4v) is 4.12. The third-order valence-electron chi connectivity index (χ3n) is 3.86. The van der Waals surface area contributed by atoms with E-state index in [1.807, 2.05) is 44.4 Å². The van der Waals surface area contributed by atoms with Crippen LogP contribution in [0.2, 0.25) is 0 Å². The molecular weight excluding hydrogens is 380 g/mol. The molecule has 0 aromatic carbocycles. The summed E-state index contributed by atoms with van der Waals surface area (Å²) < 4.78 is 0. The molecular formula is C19H22N4O2S2. The number of rotatable bonds is 8. The minimum absolute atomic E-state index is 0.0205. The summed E-state index contributed by atoms with van der Waals surface area (Å²) >= 11 is 2.81. The molecule has 8 heteroatoms. The molecule has 2 aromatic rings. The van der Waals surface area contributed by atoms with Crippen LogP contribution in [0.15, 0.2) is 28.6 Å². The van der Waals surface area contributed by atoms with Crippen molar-refractivity contribution in [1.82, 2.24) is 15.2 Å². The van der Waals surface area contributed by atoms with Crippen molar-refractivity contribution in [3.63, 3.8) is 0 Å². The average molecular weight is 403 g/mol. The van der Waals surface area contributed by atoms with Gasteiger partial charge in [0.2, 0.25) is 11.8 Å². The first kappa shape index (κ1) is 20.9. The van der Waals surface area contributed by atoms with E-state index in [-0.39, 0.29) is 24.1 Å². The Morgan fingerprint density at radius 3 is 2.81 bits per heavy atom. The van der Waals surface area contributed by atoms with Gasteiger partial charge in [0.25, 0.3) is 0 Å². The van der Waals surface area contributed by atoms with Crippen molar-refractivity contribution in [1.29, 1.82) is 5.26 Å². The number of nitriles is 1. The van der Waals surface area contributed by atoms with Crippen LogP contribution in [0.1, 0.15) is 28.6 Å². The molecule has 2 rings (SSSR count). The van der Waals surface area contributed by atoms with Crippen LogP contribution in [0, 0.1) is 25.2 Å². The lowest BCUT2D eigenvalue weighted by Crippen LogP contribution is -2.41. The molecule has 2 amide bonds.